The minimum Gasteiger partial charge on any atom is -0.283 e. The molecule has 0 aliphatic heterocycles. The lowest BCUT2D eigenvalue weighted by Crippen LogP contribution is -2.22. The van der Waals surface area contributed by atoms with Crippen LogP contribution >= 0.6 is 11.6 Å². The summed E-state index contributed by atoms with van der Waals surface area (Å²) in [5, 5.41) is 0. The predicted molar refractivity (Wildman–Crippen MR) is 73.5 cm³/mol. The minimum atomic E-state index is -4.52. The number of benzene rings is 1. The molecule has 1 aromatic carbocycles. The van der Waals surface area contributed by atoms with Crippen molar-refractivity contribution in [2.75, 3.05) is 16.4 Å². The molecule has 0 radical (unpaired) electrons. The van der Waals surface area contributed by atoms with Gasteiger partial charge in [-0.05, 0) is 30.5 Å². The molecular weight excluding hydrogens is 315 g/mol. The third kappa shape index (κ3) is 4.86. The van der Waals surface area contributed by atoms with Crippen LogP contribution in [0.25, 0.3) is 0 Å². The lowest BCUT2D eigenvalue weighted by Gasteiger charge is -2.15. The maximum atomic E-state index is 12.6. The number of nitrogens with one attached hydrogen (secondary N) is 1. The van der Waals surface area contributed by atoms with E-state index < -0.39 is 21.8 Å². The Balaban J connectivity index is 3.03. The smallest absolute Gasteiger partial charge is 0.283 e. The standard InChI is InChI=1S/C12H15ClF3NO2S/c1-8(6-13)7-20(18,19)17-11-5-10(12(14,15)16)4-3-9(11)2/h3-5,8,17H,6-7H2,1-2H3. The van der Waals surface area contributed by atoms with E-state index in [0.29, 0.717) is 5.56 Å². The van der Waals surface area contributed by atoms with Gasteiger partial charge in [-0.25, -0.2) is 8.42 Å². The van der Waals surface area contributed by atoms with Crippen molar-refractivity contribution in [1.29, 1.82) is 0 Å². The van der Waals surface area contributed by atoms with E-state index in [4.69, 9.17) is 11.6 Å². The van der Waals surface area contributed by atoms with Crippen LogP contribution in [-0.2, 0) is 16.2 Å². The second-order valence-corrected chi connectivity index (χ2v) is 6.75. The molecule has 0 amide bonds. The van der Waals surface area contributed by atoms with Gasteiger partial charge in [-0.2, -0.15) is 13.2 Å². The van der Waals surface area contributed by atoms with Crippen molar-refractivity contribution < 1.29 is 21.6 Å². The molecule has 0 saturated carbocycles. The Bertz CT molecular complexity index is 573. The summed E-state index contributed by atoms with van der Waals surface area (Å²) in [5.74, 6) is -0.380. The van der Waals surface area contributed by atoms with Crippen LogP contribution in [0.4, 0.5) is 18.9 Å². The van der Waals surface area contributed by atoms with E-state index >= 15 is 0 Å². The maximum absolute atomic E-state index is 12.6. The molecule has 3 nitrogen and oxygen atoms in total. The molecule has 20 heavy (non-hydrogen) atoms. The summed E-state index contributed by atoms with van der Waals surface area (Å²) in [6.07, 6.45) is -4.52. The number of anilines is 1. The molecule has 0 fully saturated rings. The number of sulfonamides is 1. The number of rotatable bonds is 5. The molecule has 1 atom stereocenters. The van der Waals surface area contributed by atoms with Crippen LogP contribution in [0.15, 0.2) is 18.2 Å². The van der Waals surface area contributed by atoms with Crippen LogP contribution in [0.2, 0.25) is 0 Å². The highest BCUT2D eigenvalue weighted by molar-refractivity contribution is 7.92. The fourth-order valence-corrected chi connectivity index (χ4v) is 3.28. The van der Waals surface area contributed by atoms with Gasteiger partial charge in [0.05, 0.1) is 17.0 Å². The molecule has 0 spiro atoms. The van der Waals surface area contributed by atoms with Gasteiger partial charge >= 0.3 is 6.18 Å². The fourth-order valence-electron chi connectivity index (χ4n) is 1.54. The highest BCUT2D eigenvalue weighted by atomic mass is 35.5. The van der Waals surface area contributed by atoms with Gasteiger partial charge in [0.15, 0.2) is 0 Å². The van der Waals surface area contributed by atoms with Crippen LogP contribution in [0, 0.1) is 12.8 Å². The van der Waals surface area contributed by atoms with Gasteiger partial charge in [0.2, 0.25) is 10.0 Å². The van der Waals surface area contributed by atoms with Gasteiger partial charge in [-0.15, -0.1) is 11.6 Å². The Morgan fingerprint density at radius 2 is 1.95 bits per heavy atom. The van der Waals surface area contributed by atoms with E-state index in [1.807, 2.05) is 0 Å². The molecule has 0 saturated heterocycles. The van der Waals surface area contributed by atoms with E-state index in [1.54, 1.807) is 6.92 Å². The number of alkyl halides is 4. The van der Waals surface area contributed by atoms with Crippen molar-refractivity contribution in [3.63, 3.8) is 0 Å². The lowest BCUT2D eigenvalue weighted by molar-refractivity contribution is -0.137. The minimum absolute atomic E-state index is 0.0680. The number of aryl methyl sites for hydroxylation is 1. The van der Waals surface area contributed by atoms with Crippen LogP contribution in [-0.4, -0.2) is 20.1 Å². The van der Waals surface area contributed by atoms with E-state index in [1.165, 1.54) is 13.0 Å². The molecule has 0 aromatic heterocycles. The lowest BCUT2D eigenvalue weighted by atomic mass is 10.1. The van der Waals surface area contributed by atoms with Gasteiger partial charge in [-0.1, -0.05) is 13.0 Å². The van der Waals surface area contributed by atoms with E-state index in [0.717, 1.165) is 12.1 Å². The van der Waals surface area contributed by atoms with Gasteiger partial charge in [0, 0.05) is 5.88 Å². The second kappa shape index (κ2) is 6.22. The molecular formula is C12H15ClF3NO2S. The first kappa shape index (κ1) is 17.1. The Morgan fingerprint density at radius 1 is 1.35 bits per heavy atom. The Labute approximate surface area is 121 Å². The zero-order valence-electron chi connectivity index (χ0n) is 11.0. The fraction of sp³-hybridized carbons (Fsp3) is 0.500. The van der Waals surface area contributed by atoms with E-state index in [9.17, 15) is 21.6 Å². The first-order valence-electron chi connectivity index (χ1n) is 5.79. The van der Waals surface area contributed by atoms with E-state index in [2.05, 4.69) is 4.72 Å². The average molecular weight is 330 g/mol. The molecule has 114 valence electrons. The molecule has 0 aliphatic rings. The first-order chi connectivity index (χ1) is 9.05. The van der Waals surface area contributed by atoms with Crippen LogP contribution in [0.5, 0.6) is 0 Å². The van der Waals surface area contributed by atoms with Gasteiger partial charge < -0.3 is 0 Å². The first-order valence-corrected chi connectivity index (χ1v) is 7.98. The topological polar surface area (TPSA) is 46.2 Å². The zero-order valence-corrected chi connectivity index (χ0v) is 12.5. The van der Waals surface area contributed by atoms with Crippen molar-refractivity contribution in [3.05, 3.63) is 29.3 Å². The largest absolute Gasteiger partial charge is 0.416 e. The molecule has 1 aromatic rings. The molecule has 1 rings (SSSR count). The summed E-state index contributed by atoms with van der Waals surface area (Å²) in [7, 11) is -3.73. The zero-order chi connectivity index (χ0) is 15.6. The Morgan fingerprint density at radius 3 is 2.45 bits per heavy atom. The molecule has 0 aliphatic carbocycles. The highest BCUT2D eigenvalue weighted by Gasteiger charge is 2.31. The van der Waals surface area contributed by atoms with Crippen molar-refractivity contribution in [1.82, 2.24) is 0 Å². The quantitative estimate of drug-likeness (QED) is 0.838. The third-order valence-electron chi connectivity index (χ3n) is 2.60. The number of hydrogen-bond donors (Lipinski definition) is 1. The summed E-state index contributed by atoms with van der Waals surface area (Å²) >= 11 is 5.54. The third-order valence-corrected chi connectivity index (χ3v) is 4.66. The summed E-state index contributed by atoms with van der Waals surface area (Å²) < 4.78 is 63.6. The normalized spacial score (nSPS) is 14.1. The molecule has 8 heteroatoms. The molecule has 1 unspecified atom stereocenters. The highest BCUT2D eigenvalue weighted by Crippen LogP contribution is 2.32. The molecule has 0 bridgehead atoms. The summed E-state index contributed by atoms with van der Waals surface area (Å²) in [5.41, 5.74) is -0.548. The monoisotopic (exact) mass is 329 g/mol. The second-order valence-electron chi connectivity index (χ2n) is 4.67. The van der Waals surface area contributed by atoms with Crippen molar-refractivity contribution in [2.45, 2.75) is 20.0 Å². The Kier molecular flexibility index (Phi) is 5.32. The SMILES string of the molecule is Cc1ccc(C(F)(F)F)cc1NS(=O)(=O)CC(C)CCl. The van der Waals surface area contributed by atoms with Gasteiger partial charge in [-0.3, -0.25) is 4.72 Å². The predicted octanol–water partition coefficient (Wildman–Crippen LogP) is 3.63. The Hall–Kier alpha value is -0.950. The van der Waals surface area contributed by atoms with Crippen LogP contribution in [0.1, 0.15) is 18.1 Å². The molecule has 0 heterocycles. The maximum Gasteiger partial charge on any atom is 0.416 e. The van der Waals surface area contributed by atoms with Gasteiger partial charge in [0.25, 0.3) is 0 Å². The van der Waals surface area contributed by atoms with E-state index in [-0.39, 0.29) is 23.2 Å². The number of halogens is 4. The molecule has 1 N–H and O–H groups in total. The van der Waals surface area contributed by atoms with Crippen molar-refractivity contribution >= 4 is 27.3 Å². The van der Waals surface area contributed by atoms with Crippen molar-refractivity contribution in [2.24, 2.45) is 5.92 Å². The van der Waals surface area contributed by atoms with Crippen LogP contribution in [0.3, 0.4) is 0 Å². The number of hydrogen-bond acceptors (Lipinski definition) is 2. The average Bonchev–Trinajstić information content (AvgIpc) is 2.29. The van der Waals surface area contributed by atoms with Gasteiger partial charge in [0.1, 0.15) is 0 Å². The van der Waals surface area contributed by atoms with Crippen molar-refractivity contribution in [3.8, 4) is 0 Å². The summed E-state index contributed by atoms with van der Waals surface area (Å²) in [4.78, 5) is 0. The summed E-state index contributed by atoms with van der Waals surface area (Å²) in [6, 6.07) is 2.93. The summed E-state index contributed by atoms with van der Waals surface area (Å²) in [6.45, 7) is 3.17. The van der Waals surface area contributed by atoms with Crippen LogP contribution < -0.4 is 4.72 Å².